The Hall–Kier alpha value is -2.34. The molecule has 104 valence electrons. The van der Waals surface area contributed by atoms with E-state index in [0.29, 0.717) is 17.2 Å². The topological polar surface area (TPSA) is 77.3 Å². The molecule has 0 radical (unpaired) electrons. The van der Waals surface area contributed by atoms with E-state index in [0.717, 1.165) is 5.56 Å². The lowest BCUT2D eigenvalue weighted by atomic mass is 10.1. The van der Waals surface area contributed by atoms with Crippen molar-refractivity contribution < 1.29 is 9.47 Å². The van der Waals surface area contributed by atoms with E-state index in [4.69, 9.17) is 27.4 Å². The average Bonchev–Trinajstić information content (AvgIpc) is 2.46. The van der Waals surface area contributed by atoms with Crippen molar-refractivity contribution in [2.24, 2.45) is 5.73 Å². The van der Waals surface area contributed by atoms with Gasteiger partial charge in [-0.3, -0.25) is 4.79 Å². The van der Waals surface area contributed by atoms with Gasteiger partial charge >= 0.3 is 0 Å². The molecular formula is C14H14N2O3S. The van der Waals surface area contributed by atoms with Crippen LogP contribution in [0, 0.1) is 0 Å². The first-order valence-electron chi connectivity index (χ1n) is 5.82. The fourth-order valence-electron chi connectivity index (χ4n) is 1.85. The molecule has 0 unspecified atom stereocenters. The lowest BCUT2D eigenvalue weighted by Gasteiger charge is -2.10. The summed E-state index contributed by atoms with van der Waals surface area (Å²) in [6, 6.07) is 8.68. The number of aromatic nitrogens is 1. The molecule has 3 N–H and O–H groups in total. The highest BCUT2D eigenvalue weighted by Gasteiger charge is 2.10. The van der Waals surface area contributed by atoms with Crippen LogP contribution in [0.5, 0.6) is 11.5 Å². The number of benzene rings is 1. The minimum atomic E-state index is -0.326. The van der Waals surface area contributed by atoms with Crippen molar-refractivity contribution in [3.05, 3.63) is 46.2 Å². The van der Waals surface area contributed by atoms with Gasteiger partial charge < -0.3 is 20.2 Å². The smallest absolute Gasteiger partial charge is 0.258 e. The third-order valence-electron chi connectivity index (χ3n) is 2.87. The Balaban J connectivity index is 2.54. The van der Waals surface area contributed by atoms with Crippen molar-refractivity contribution in [2.45, 2.75) is 0 Å². The van der Waals surface area contributed by atoms with E-state index in [-0.39, 0.29) is 16.1 Å². The number of methoxy groups -OCH3 is 2. The van der Waals surface area contributed by atoms with Gasteiger partial charge in [-0.2, -0.15) is 0 Å². The summed E-state index contributed by atoms with van der Waals surface area (Å²) < 4.78 is 10.4. The zero-order chi connectivity index (χ0) is 14.7. The number of H-pyrrole nitrogens is 1. The minimum Gasteiger partial charge on any atom is -0.497 e. The second-order valence-electron chi connectivity index (χ2n) is 4.05. The highest BCUT2D eigenvalue weighted by atomic mass is 32.1. The van der Waals surface area contributed by atoms with Gasteiger partial charge in [0.1, 0.15) is 16.5 Å². The summed E-state index contributed by atoms with van der Waals surface area (Å²) in [6.45, 7) is 0. The molecule has 0 atom stereocenters. The molecule has 1 heterocycles. The molecule has 1 aromatic carbocycles. The van der Waals surface area contributed by atoms with Gasteiger partial charge in [0.2, 0.25) is 0 Å². The number of hydrogen-bond acceptors (Lipinski definition) is 4. The van der Waals surface area contributed by atoms with Crippen molar-refractivity contribution in [3.63, 3.8) is 0 Å². The average molecular weight is 290 g/mol. The monoisotopic (exact) mass is 290 g/mol. The second-order valence-corrected chi connectivity index (χ2v) is 4.49. The number of pyridine rings is 1. The standard InChI is InChI=1S/C14H14N2O3S/c1-18-8-3-4-9(12(7-8)19-2)11-6-5-10(13(15)20)14(17)16-11/h3-7H,1-2H3,(H2,15,20)(H,16,17). The molecule has 20 heavy (non-hydrogen) atoms. The zero-order valence-electron chi connectivity index (χ0n) is 11.1. The Labute approximate surface area is 121 Å². The fourth-order valence-corrected chi connectivity index (χ4v) is 2.01. The molecule has 0 saturated heterocycles. The summed E-state index contributed by atoms with van der Waals surface area (Å²) in [4.78, 5) is 14.7. The van der Waals surface area contributed by atoms with Crippen LogP contribution >= 0.6 is 12.2 Å². The Morgan fingerprint density at radius 1 is 1.20 bits per heavy atom. The van der Waals surface area contributed by atoms with Gasteiger partial charge in [-0.05, 0) is 24.3 Å². The maximum absolute atomic E-state index is 11.9. The summed E-state index contributed by atoms with van der Waals surface area (Å²) in [5.41, 5.74) is 6.80. The Bertz CT molecular complexity index is 710. The third-order valence-corrected chi connectivity index (χ3v) is 3.09. The molecule has 2 rings (SSSR count). The lowest BCUT2D eigenvalue weighted by molar-refractivity contribution is 0.395. The largest absolute Gasteiger partial charge is 0.497 e. The van der Waals surface area contributed by atoms with E-state index in [1.807, 2.05) is 6.07 Å². The fraction of sp³-hybridized carbons (Fsp3) is 0.143. The van der Waals surface area contributed by atoms with E-state index in [2.05, 4.69) is 4.98 Å². The zero-order valence-corrected chi connectivity index (χ0v) is 11.9. The van der Waals surface area contributed by atoms with Crippen LogP contribution in [-0.2, 0) is 0 Å². The van der Waals surface area contributed by atoms with Crippen LogP contribution in [0.25, 0.3) is 11.3 Å². The van der Waals surface area contributed by atoms with Gasteiger partial charge in [0, 0.05) is 11.6 Å². The molecule has 1 aromatic heterocycles. The molecule has 0 bridgehead atoms. The van der Waals surface area contributed by atoms with Crippen LogP contribution in [0.3, 0.4) is 0 Å². The first kappa shape index (κ1) is 14.1. The van der Waals surface area contributed by atoms with Crippen molar-refractivity contribution in [1.82, 2.24) is 4.98 Å². The number of rotatable bonds is 4. The molecule has 0 aliphatic heterocycles. The summed E-state index contributed by atoms with van der Waals surface area (Å²) in [5.74, 6) is 1.27. The van der Waals surface area contributed by atoms with Crippen molar-refractivity contribution >= 4 is 17.2 Å². The van der Waals surface area contributed by atoms with Gasteiger partial charge in [-0.25, -0.2) is 0 Å². The molecular weight excluding hydrogens is 276 g/mol. The highest BCUT2D eigenvalue weighted by molar-refractivity contribution is 7.80. The number of aromatic amines is 1. The number of thiocarbonyl (C=S) groups is 1. The van der Waals surface area contributed by atoms with Crippen LogP contribution in [0.4, 0.5) is 0 Å². The van der Waals surface area contributed by atoms with E-state index < -0.39 is 0 Å². The van der Waals surface area contributed by atoms with E-state index in [1.165, 1.54) is 0 Å². The summed E-state index contributed by atoms with van der Waals surface area (Å²) in [7, 11) is 3.13. The van der Waals surface area contributed by atoms with Crippen LogP contribution in [0.15, 0.2) is 35.1 Å². The van der Waals surface area contributed by atoms with Crippen LogP contribution in [0.2, 0.25) is 0 Å². The van der Waals surface area contributed by atoms with Crippen molar-refractivity contribution in [3.8, 4) is 22.8 Å². The number of nitrogens with one attached hydrogen (secondary N) is 1. The third kappa shape index (κ3) is 2.65. The summed E-state index contributed by atoms with van der Waals surface area (Å²) >= 11 is 4.81. The minimum absolute atomic E-state index is 0.0690. The Morgan fingerprint density at radius 3 is 2.50 bits per heavy atom. The number of hydrogen-bond donors (Lipinski definition) is 2. The van der Waals surface area contributed by atoms with Gasteiger partial charge in [-0.15, -0.1) is 0 Å². The Kier molecular flexibility index (Phi) is 4.05. The first-order chi connectivity index (χ1) is 9.56. The lowest BCUT2D eigenvalue weighted by Crippen LogP contribution is -2.22. The maximum atomic E-state index is 11.9. The second kappa shape index (κ2) is 5.75. The summed E-state index contributed by atoms with van der Waals surface area (Å²) in [5, 5.41) is 0. The van der Waals surface area contributed by atoms with Crippen molar-refractivity contribution in [1.29, 1.82) is 0 Å². The van der Waals surface area contributed by atoms with E-state index >= 15 is 0 Å². The van der Waals surface area contributed by atoms with Gasteiger partial charge in [0.15, 0.2) is 0 Å². The summed E-state index contributed by atoms with van der Waals surface area (Å²) in [6.07, 6.45) is 0. The quantitative estimate of drug-likeness (QED) is 0.838. The molecule has 2 aromatic rings. The molecule has 0 aliphatic carbocycles. The molecule has 0 fully saturated rings. The SMILES string of the molecule is COc1ccc(-c2ccc(C(N)=S)c(=O)[nH]2)c(OC)c1. The van der Waals surface area contributed by atoms with Crippen LogP contribution < -0.4 is 20.8 Å². The first-order valence-corrected chi connectivity index (χ1v) is 6.23. The molecule has 0 aliphatic rings. The maximum Gasteiger partial charge on any atom is 0.258 e. The van der Waals surface area contributed by atoms with Gasteiger partial charge in [-0.1, -0.05) is 12.2 Å². The molecule has 5 nitrogen and oxygen atoms in total. The molecule has 0 spiro atoms. The predicted octanol–water partition coefficient (Wildman–Crippen LogP) is 1.69. The highest BCUT2D eigenvalue weighted by Crippen LogP contribution is 2.31. The molecule has 0 saturated carbocycles. The molecule has 6 heteroatoms. The van der Waals surface area contributed by atoms with Crippen LogP contribution in [-0.4, -0.2) is 24.2 Å². The van der Waals surface area contributed by atoms with Gasteiger partial charge in [0.05, 0.1) is 25.5 Å². The normalized spacial score (nSPS) is 10.1. The Morgan fingerprint density at radius 2 is 1.95 bits per heavy atom. The predicted molar refractivity (Wildman–Crippen MR) is 81.5 cm³/mol. The van der Waals surface area contributed by atoms with Crippen LogP contribution in [0.1, 0.15) is 5.56 Å². The number of nitrogens with two attached hydrogens (primary N) is 1. The van der Waals surface area contributed by atoms with Gasteiger partial charge in [0.25, 0.3) is 5.56 Å². The number of ether oxygens (including phenoxy) is 2. The molecule has 0 amide bonds. The van der Waals surface area contributed by atoms with E-state index in [9.17, 15) is 4.79 Å². The van der Waals surface area contributed by atoms with E-state index in [1.54, 1.807) is 38.5 Å². The van der Waals surface area contributed by atoms with Crippen molar-refractivity contribution in [2.75, 3.05) is 14.2 Å².